The lowest BCUT2D eigenvalue weighted by atomic mass is 9.72. The molecule has 2 aliphatic rings. The van der Waals surface area contributed by atoms with E-state index in [2.05, 4.69) is 55.5 Å². The molecule has 0 aliphatic carbocycles. The first kappa shape index (κ1) is 25.9. The highest BCUT2D eigenvalue weighted by Crippen LogP contribution is 2.41. The number of aryl methyl sites for hydroxylation is 1. The fourth-order valence-electron chi connectivity index (χ4n) is 5.98. The Kier molecular flexibility index (Phi) is 7.12. The number of fused-ring (bicyclic) bond motifs is 1. The van der Waals surface area contributed by atoms with Crippen LogP contribution in [0.15, 0.2) is 103 Å². The summed E-state index contributed by atoms with van der Waals surface area (Å²) >= 11 is 0. The van der Waals surface area contributed by atoms with E-state index in [9.17, 15) is 9.59 Å². The van der Waals surface area contributed by atoms with Gasteiger partial charge >= 0.3 is 0 Å². The average molecular weight is 531 g/mol. The molecule has 0 aromatic heterocycles. The van der Waals surface area contributed by atoms with E-state index < -0.39 is 5.41 Å². The Morgan fingerprint density at radius 2 is 1.40 bits per heavy atom. The molecule has 0 radical (unpaired) electrons. The zero-order chi connectivity index (χ0) is 27.5. The van der Waals surface area contributed by atoms with Crippen LogP contribution in [0.1, 0.15) is 45.5 Å². The van der Waals surface area contributed by atoms with Crippen LogP contribution >= 0.6 is 0 Å². The predicted molar refractivity (Wildman–Crippen MR) is 156 cm³/mol. The van der Waals surface area contributed by atoms with E-state index in [1.165, 1.54) is 16.7 Å². The van der Waals surface area contributed by atoms with Crippen LogP contribution in [0.5, 0.6) is 11.5 Å². The maximum atomic E-state index is 14.2. The fraction of sp³-hybridized carbons (Fsp3) is 0.257. The molecule has 0 bridgehead atoms. The Hall–Kier alpha value is -4.38. The number of ether oxygens (including phenoxy) is 1. The van der Waals surface area contributed by atoms with Crippen LogP contribution in [0, 0.1) is 12.3 Å². The summed E-state index contributed by atoms with van der Waals surface area (Å²) < 4.78 is 5.88. The Bertz CT molecular complexity index is 1490. The number of amides is 2. The van der Waals surface area contributed by atoms with Crippen molar-refractivity contribution in [2.45, 2.75) is 39.3 Å². The van der Waals surface area contributed by atoms with Crippen molar-refractivity contribution >= 4 is 11.8 Å². The molecular weight excluding hydrogens is 496 g/mol. The minimum atomic E-state index is -0.499. The molecule has 0 saturated carbocycles. The van der Waals surface area contributed by atoms with Gasteiger partial charge in [0.15, 0.2) is 0 Å². The lowest BCUT2D eigenvalue weighted by molar-refractivity contribution is -0.145. The molecule has 202 valence electrons. The van der Waals surface area contributed by atoms with E-state index in [1.54, 1.807) is 0 Å². The maximum Gasteiger partial charge on any atom is 0.253 e. The first-order chi connectivity index (χ1) is 19.5. The van der Waals surface area contributed by atoms with Gasteiger partial charge in [0.2, 0.25) is 5.91 Å². The second kappa shape index (κ2) is 11.0. The van der Waals surface area contributed by atoms with E-state index in [-0.39, 0.29) is 11.8 Å². The summed E-state index contributed by atoms with van der Waals surface area (Å²) in [6.45, 7) is 4.41. The van der Waals surface area contributed by atoms with Crippen LogP contribution < -0.4 is 4.74 Å². The summed E-state index contributed by atoms with van der Waals surface area (Å²) in [6.07, 6.45) is 2.04. The van der Waals surface area contributed by atoms with Crippen molar-refractivity contribution in [1.29, 1.82) is 0 Å². The highest BCUT2D eigenvalue weighted by atomic mass is 16.5. The van der Waals surface area contributed by atoms with Crippen molar-refractivity contribution in [3.05, 3.63) is 131 Å². The number of carbonyl (C=O) groups excluding carboxylic acids is 2. The van der Waals surface area contributed by atoms with Crippen LogP contribution in [0.4, 0.5) is 0 Å². The molecule has 1 spiro atoms. The largest absolute Gasteiger partial charge is 0.457 e. The number of piperidine rings is 1. The van der Waals surface area contributed by atoms with Gasteiger partial charge in [0, 0.05) is 31.7 Å². The molecule has 40 heavy (non-hydrogen) atoms. The SMILES string of the molecule is Cc1ccc(CN2Cc3ccccc3CC3(CCN(C(=O)c4ccc(Oc5ccccc5)cc4)CC3)C2=O)cc1. The molecule has 6 rings (SSSR count). The van der Waals surface area contributed by atoms with Crippen LogP contribution in [0.2, 0.25) is 0 Å². The lowest BCUT2D eigenvalue weighted by Gasteiger charge is -2.42. The topological polar surface area (TPSA) is 49.9 Å². The summed E-state index contributed by atoms with van der Waals surface area (Å²) in [5, 5.41) is 0. The molecule has 1 saturated heterocycles. The molecule has 5 nitrogen and oxygen atoms in total. The first-order valence-electron chi connectivity index (χ1n) is 14.0. The lowest BCUT2D eigenvalue weighted by Crippen LogP contribution is -2.51. The first-order valence-corrected chi connectivity index (χ1v) is 14.0. The van der Waals surface area contributed by atoms with E-state index in [0.29, 0.717) is 50.3 Å². The fourth-order valence-corrected chi connectivity index (χ4v) is 5.98. The van der Waals surface area contributed by atoms with Crippen molar-refractivity contribution in [2.24, 2.45) is 5.41 Å². The number of likely N-dealkylation sites (tertiary alicyclic amines) is 1. The van der Waals surface area contributed by atoms with Gasteiger partial charge in [0.05, 0.1) is 5.41 Å². The molecule has 5 heteroatoms. The number of nitrogens with zero attached hydrogens (tertiary/aromatic N) is 2. The number of benzene rings is 4. The van der Waals surface area contributed by atoms with Gasteiger partial charge in [0.25, 0.3) is 5.91 Å². The van der Waals surface area contributed by atoms with Crippen molar-refractivity contribution < 1.29 is 14.3 Å². The summed E-state index contributed by atoms with van der Waals surface area (Å²) in [6, 6.07) is 33.8. The van der Waals surface area contributed by atoms with Crippen LogP contribution in [0.3, 0.4) is 0 Å². The summed E-state index contributed by atoms with van der Waals surface area (Å²) in [5.74, 6) is 1.66. The van der Waals surface area contributed by atoms with Crippen molar-refractivity contribution in [1.82, 2.24) is 9.80 Å². The average Bonchev–Trinajstić information content (AvgIpc) is 3.09. The molecule has 0 N–H and O–H groups in total. The Morgan fingerprint density at radius 1 is 0.775 bits per heavy atom. The second-order valence-electron chi connectivity index (χ2n) is 11.1. The van der Waals surface area contributed by atoms with Gasteiger partial charge in [-0.05, 0) is 79.3 Å². The van der Waals surface area contributed by atoms with E-state index >= 15 is 0 Å². The van der Waals surface area contributed by atoms with Gasteiger partial charge in [-0.25, -0.2) is 0 Å². The third-order valence-corrected chi connectivity index (χ3v) is 8.33. The van der Waals surface area contributed by atoms with Crippen LogP contribution in [0.25, 0.3) is 0 Å². The number of rotatable bonds is 5. The summed E-state index contributed by atoms with van der Waals surface area (Å²) in [4.78, 5) is 31.5. The van der Waals surface area contributed by atoms with Gasteiger partial charge in [0.1, 0.15) is 11.5 Å². The zero-order valence-electron chi connectivity index (χ0n) is 22.9. The highest BCUT2D eigenvalue weighted by molar-refractivity contribution is 5.94. The van der Waals surface area contributed by atoms with Gasteiger partial charge in [-0.3, -0.25) is 9.59 Å². The predicted octanol–water partition coefficient (Wildman–Crippen LogP) is 6.79. The molecule has 0 unspecified atom stereocenters. The van der Waals surface area contributed by atoms with Crippen LogP contribution in [-0.2, 0) is 24.3 Å². The van der Waals surface area contributed by atoms with Gasteiger partial charge < -0.3 is 14.5 Å². The third kappa shape index (κ3) is 5.37. The zero-order valence-corrected chi connectivity index (χ0v) is 22.9. The molecule has 2 aliphatic heterocycles. The minimum Gasteiger partial charge on any atom is -0.457 e. The number of para-hydroxylation sites is 1. The second-order valence-corrected chi connectivity index (χ2v) is 11.1. The minimum absolute atomic E-state index is 0.000839. The van der Waals surface area contributed by atoms with Crippen molar-refractivity contribution in [3.8, 4) is 11.5 Å². The van der Waals surface area contributed by atoms with Gasteiger partial charge in [-0.1, -0.05) is 72.3 Å². The van der Waals surface area contributed by atoms with E-state index in [4.69, 9.17) is 4.74 Å². The molecule has 2 heterocycles. The number of hydrogen-bond acceptors (Lipinski definition) is 3. The highest BCUT2D eigenvalue weighted by Gasteiger charge is 2.46. The smallest absolute Gasteiger partial charge is 0.253 e. The Balaban J connectivity index is 1.17. The third-order valence-electron chi connectivity index (χ3n) is 8.33. The van der Waals surface area contributed by atoms with E-state index in [0.717, 1.165) is 17.7 Å². The number of carbonyl (C=O) groups is 2. The van der Waals surface area contributed by atoms with E-state index in [1.807, 2.05) is 64.4 Å². The Morgan fingerprint density at radius 3 is 2.10 bits per heavy atom. The Labute approximate surface area is 236 Å². The van der Waals surface area contributed by atoms with Gasteiger partial charge in [-0.15, -0.1) is 0 Å². The van der Waals surface area contributed by atoms with Crippen LogP contribution in [-0.4, -0.2) is 34.7 Å². The summed E-state index contributed by atoms with van der Waals surface area (Å²) in [5.41, 5.74) is 4.95. The van der Waals surface area contributed by atoms with Crippen molar-refractivity contribution in [3.63, 3.8) is 0 Å². The summed E-state index contributed by atoms with van der Waals surface area (Å²) in [7, 11) is 0. The normalized spacial score (nSPS) is 16.4. The molecule has 4 aromatic rings. The maximum absolute atomic E-state index is 14.2. The molecular formula is C35H34N2O3. The molecule has 0 atom stereocenters. The monoisotopic (exact) mass is 530 g/mol. The molecule has 1 fully saturated rings. The number of hydrogen-bond donors (Lipinski definition) is 0. The standard InChI is InChI=1S/C35H34N2O3/c1-26-11-13-27(14-12-26)24-37-25-30-8-6-5-7-29(30)23-35(34(37)39)19-21-36(22-20-35)33(38)28-15-17-32(18-16-28)40-31-9-3-2-4-10-31/h2-18H,19-25H2,1H3. The van der Waals surface area contributed by atoms with Crippen molar-refractivity contribution in [2.75, 3.05) is 13.1 Å². The molecule has 4 aromatic carbocycles. The quantitative estimate of drug-likeness (QED) is 0.285. The molecule has 2 amide bonds. The van der Waals surface area contributed by atoms with Gasteiger partial charge in [-0.2, -0.15) is 0 Å².